The van der Waals surface area contributed by atoms with Crippen LogP contribution in [0.5, 0.6) is 17.2 Å². The fraction of sp³-hybridized carbons (Fsp3) is 0.250. The molecular weight excluding hydrogens is 362 g/mol. The summed E-state index contributed by atoms with van der Waals surface area (Å²) in [5.74, 6) is 0.851. The second-order valence-corrected chi connectivity index (χ2v) is 5.55. The number of nitrogens with one attached hydrogen (secondary N) is 2. The molecule has 148 valence electrons. The average Bonchev–Trinajstić information content (AvgIpc) is 2.73. The van der Waals surface area contributed by atoms with E-state index in [-0.39, 0.29) is 6.54 Å². The Morgan fingerprint density at radius 2 is 1.75 bits per heavy atom. The van der Waals surface area contributed by atoms with Gasteiger partial charge in [-0.25, -0.2) is 5.43 Å². The van der Waals surface area contributed by atoms with Crippen LogP contribution in [-0.2, 0) is 4.79 Å². The third-order valence-electron chi connectivity index (χ3n) is 3.65. The molecule has 2 aromatic rings. The highest BCUT2D eigenvalue weighted by Gasteiger charge is 2.11. The van der Waals surface area contributed by atoms with Gasteiger partial charge >= 0.3 is 0 Å². The van der Waals surface area contributed by atoms with Gasteiger partial charge in [0.2, 0.25) is 0 Å². The molecule has 0 saturated carbocycles. The lowest BCUT2D eigenvalue weighted by molar-refractivity contribution is -0.120. The molecule has 0 aliphatic rings. The molecule has 0 heterocycles. The number of methoxy groups -OCH3 is 2. The van der Waals surface area contributed by atoms with Crippen LogP contribution in [0.4, 0.5) is 0 Å². The molecule has 8 heteroatoms. The van der Waals surface area contributed by atoms with Gasteiger partial charge in [-0.3, -0.25) is 9.59 Å². The number of hydrazone groups is 1. The van der Waals surface area contributed by atoms with Crippen molar-refractivity contribution in [3.8, 4) is 17.2 Å². The molecule has 0 fully saturated rings. The summed E-state index contributed by atoms with van der Waals surface area (Å²) < 4.78 is 15.6. The van der Waals surface area contributed by atoms with E-state index in [1.807, 2.05) is 31.2 Å². The zero-order valence-corrected chi connectivity index (χ0v) is 16.0. The summed E-state index contributed by atoms with van der Waals surface area (Å²) in [4.78, 5) is 24.0. The molecule has 28 heavy (non-hydrogen) atoms. The highest BCUT2D eigenvalue weighted by molar-refractivity contribution is 5.97. The summed E-state index contributed by atoms with van der Waals surface area (Å²) in [7, 11) is 2.99. The zero-order chi connectivity index (χ0) is 20.4. The maximum absolute atomic E-state index is 12.2. The second-order valence-electron chi connectivity index (χ2n) is 5.55. The number of benzene rings is 2. The Balaban J connectivity index is 1.82. The standard InChI is InChI=1S/C20H23N3O5/c1-4-28-16-8-5-14(6-9-16)12-22-23-19(24)13-21-20(25)15-7-10-17(26-2)18(11-15)27-3/h5-12H,4,13H2,1-3H3,(H,21,25)(H,23,24)/b22-12-. The Labute approximate surface area is 163 Å². The Hall–Kier alpha value is -3.55. The van der Waals surface area contributed by atoms with Crippen molar-refractivity contribution in [3.05, 3.63) is 53.6 Å². The summed E-state index contributed by atoms with van der Waals surface area (Å²) in [5.41, 5.74) is 3.51. The minimum absolute atomic E-state index is 0.214. The number of amides is 2. The van der Waals surface area contributed by atoms with Crippen LogP contribution in [0.25, 0.3) is 0 Å². The minimum Gasteiger partial charge on any atom is -0.494 e. The van der Waals surface area contributed by atoms with Crippen molar-refractivity contribution < 1.29 is 23.8 Å². The van der Waals surface area contributed by atoms with Crippen molar-refractivity contribution >= 4 is 18.0 Å². The van der Waals surface area contributed by atoms with Crippen LogP contribution < -0.4 is 25.0 Å². The van der Waals surface area contributed by atoms with Gasteiger partial charge in [-0.1, -0.05) is 0 Å². The van der Waals surface area contributed by atoms with E-state index in [1.54, 1.807) is 12.1 Å². The van der Waals surface area contributed by atoms with Crippen LogP contribution in [-0.4, -0.2) is 45.4 Å². The van der Waals surface area contributed by atoms with Gasteiger partial charge in [0.25, 0.3) is 11.8 Å². The monoisotopic (exact) mass is 385 g/mol. The van der Waals surface area contributed by atoms with Gasteiger partial charge in [-0.15, -0.1) is 0 Å². The molecule has 0 radical (unpaired) electrons. The molecule has 0 bridgehead atoms. The van der Waals surface area contributed by atoms with Gasteiger partial charge in [0.1, 0.15) is 5.75 Å². The van der Waals surface area contributed by atoms with E-state index in [4.69, 9.17) is 14.2 Å². The van der Waals surface area contributed by atoms with Gasteiger partial charge in [0.05, 0.1) is 33.6 Å². The molecule has 0 saturated heterocycles. The molecule has 0 atom stereocenters. The fourth-order valence-corrected chi connectivity index (χ4v) is 2.28. The van der Waals surface area contributed by atoms with Crippen molar-refractivity contribution in [3.63, 3.8) is 0 Å². The lowest BCUT2D eigenvalue weighted by Crippen LogP contribution is -2.34. The van der Waals surface area contributed by atoms with E-state index in [0.29, 0.717) is 23.7 Å². The van der Waals surface area contributed by atoms with E-state index in [2.05, 4.69) is 15.8 Å². The van der Waals surface area contributed by atoms with Crippen LogP contribution in [0.2, 0.25) is 0 Å². The number of hydrogen-bond acceptors (Lipinski definition) is 6. The van der Waals surface area contributed by atoms with Crippen molar-refractivity contribution in [2.45, 2.75) is 6.92 Å². The third kappa shape index (κ3) is 6.01. The fourth-order valence-electron chi connectivity index (χ4n) is 2.28. The molecule has 8 nitrogen and oxygen atoms in total. The van der Waals surface area contributed by atoms with Gasteiger partial charge < -0.3 is 19.5 Å². The highest BCUT2D eigenvalue weighted by atomic mass is 16.5. The summed E-state index contributed by atoms with van der Waals surface area (Å²) in [6.07, 6.45) is 1.50. The summed E-state index contributed by atoms with van der Waals surface area (Å²) in [6, 6.07) is 12.0. The average molecular weight is 385 g/mol. The number of hydrogen-bond donors (Lipinski definition) is 2. The number of rotatable bonds is 9. The molecule has 2 amide bonds. The number of carbonyl (C=O) groups excluding carboxylic acids is 2. The molecule has 0 aliphatic heterocycles. The van der Waals surface area contributed by atoms with E-state index >= 15 is 0 Å². The predicted molar refractivity (Wildman–Crippen MR) is 105 cm³/mol. The molecule has 2 N–H and O–H groups in total. The molecule has 2 rings (SSSR count). The number of carbonyl (C=O) groups is 2. The first-order valence-corrected chi connectivity index (χ1v) is 8.62. The molecular formula is C20H23N3O5. The lowest BCUT2D eigenvalue weighted by Gasteiger charge is -2.09. The quantitative estimate of drug-likeness (QED) is 0.508. The van der Waals surface area contributed by atoms with Crippen molar-refractivity contribution in [2.24, 2.45) is 5.10 Å². The van der Waals surface area contributed by atoms with Crippen molar-refractivity contribution in [1.29, 1.82) is 0 Å². The topological polar surface area (TPSA) is 98.2 Å². The van der Waals surface area contributed by atoms with Crippen LogP contribution in [0.3, 0.4) is 0 Å². The normalized spacial score (nSPS) is 10.4. The van der Waals surface area contributed by atoms with Crippen LogP contribution in [0.1, 0.15) is 22.8 Å². The van der Waals surface area contributed by atoms with Gasteiger partial charge in [0.15, 0.2) is 11.5 Å². The van der Waals surface area contributed by atoms with Crippen molar-refractivity contribution in [2.75, 3.05) is 27.4 Å². The number of ether oxygens (including phenoxy) is 3. The van der Waals surface area contributed by atoms with Crippen molar-refractivity contribution in [1.82, 2.24) is 10.7 Å². The summed E-state index contributed by atoms with van der Waals surface area (Å²) in [6.45, 7) is 2.29. The Bertz CT molecular complexity index is 834. The predicted octanol–water partition coefficient (Wildman–Crippen LogP) is 1.98. The summed E-state index contributed by atoms with van der Waals surface area (Å²) in [5, 5.41) is 6.38. The summed E-state index contributed by atoms with van der Waals surface area (Å²) >= 11 is 0. The largest absolute Gasteiger partial charge is 0.494 e. The van der Waals surface area contributed by atoms with E-state index in [0.717, 1.165) is 11.3 Å². The first kappa shape index (κ1) is 20.8. The SMILES string of the molecule is CCOc1ccc(/C=N\NC(=O)CNC(=O)c2ccc(OC)c(OC)c2)cc1. The van der Waals surface area contributed by atoms with Crippen LogP contribution in [0.15, 0.2) is 47.6 Å². The van der Waals surface area contributed by atoms with Crippen LogP contribution >= 0.6 is 0 Å². The maximum atomic E-state index is 12.2. The molecule has 2 aromatic carbocycles. The molecule has 0 unspecified atom stereocenters. The van der Waals surface area contributed by atoms with Crippen LogP contribution in [0, 0.1) is 0 Å². The smallest absolute Gasteiger partial charge is 0.259 e. The van der Waals surface area contributed by atoms with E-state index < -0.39 is 11.8 Å². The van der Waals surface area contributed by atoms with E-state index in [9.17, 15) is 9.59 Å². The second kappa shape index (κ2) is 10.6. The lowest BCUT2D eigenvalue weighted by atomic mass is 10.2. The number of nitrogens with zero attached hydrogens (tertiary/aromatic N) is 1. The Morgan fingerprint density at radius 1 is 1.04 bits per heavy atom. The first-order valence-electron chi connectivity index (χ1n) is 8.62. The Morgan fingerprint density at radius 3 is 2.39 bits per heavy atom. The molecule has 0 aliphatic carbocycles. The van der Waals surface area contributed by atoms with E-state index in [1.165, 1.54) is 26.5 Å². The van der Waals surface area contributed by atoms with Gasteiger partial charge in [0, 0.05) is 5.56 Å². The zero-order valence-electron chi connectivity index (χ0n) is 16.0. The highest BCUT2D eigenvalue weighted by Crippen LogP contribution is 2.27. The Kier molecular flexibility index (Phi) is 7.83. The van der Waals surface area contributed by atoms with Gasteiger partial charge in [-0.05, 0) is 55.0 Å². The first-order chi connectivity index (χ1) is 13.6. The third-order valence-corrected chi connectivity index (χ3v) is 3.65. The maximum Gasteiger partial charge on any atom is 0.259 e. The minimum atomic E-state index is -0.448. The van der Waals surface area contributed by atoms with Gasteiger partial charge in [-0.2, -0.15) is 5.10 Å². The molecule has 0 spiro atoms. The molecule has 0 aromatic heterocycles.